The summed E-state index contributed by atoms with van der Waals surface area (Å²) >= 11 is 7.13. The fraction of sp³-hybridized carbons (Fsp3) is 1.00. The molecule has 0 atom stereocenters. The van der Waals surface area contributed by atoms with Gasteiger partial charge in [0.15, 0.2) is 0 Å². The van der Waals surface area contributed by atoms with Crippen molar-refractivity contribution in [1.29, 1.82) is 0 Å². The maximum atomic E-state index is 3.57. The van der Waals surface area contributed by atoms with Crippen LogP contribution < -0.4 is 0 Å². The molecule has 0 saturated carbocycles. The Morgan fingerprint density at radius 3 is 0.564 bits per heavy atom. The van der Waals surface area contributed by atoms with E-state index >= 15 is 0 Å². The summed E-state index contributed by atoms with van der Waals surface area (Å²) in [5, 5.41) is 0. The third-order valence-corrected chi connectivity index (χ3v) is 9.69. The molecular formula is C37H74Br2. The highest BCUT2D eigenvalue weighted by Gasteiger charge is 1.99. The average Bonchev–Trinajstić information content (AvgIpc) is 2.93. The molecule has 0 aromatic heterocycles. The molecule has 0 aliphatic carbocycles. The van der Waals surface area contributed by atoms with Crippen LogP contribution in [0.1, 0.15) is 232 Å². The smallest absolute Gasteiger partial charge is 0.0697 e. The molecule has 0 bridgehead atoms. The van der Waals surface area contributed by atoms with Crippen LogP contribution in [0.3, 0.4) is 0 Å². The molecule has 0 N–H and O–H groups in total. The molecule has 0 unspecified atom stereocenters. The van der Waals surface area contributed by atoms with Crippen molar-refractivity contribution < 1.29 is 0 Å². The van der Waals surface area contributed by atoms with E-state index in [0.29, 0.717) is 3.74 Å². The summed E-state index contributed by atoms with van der Waals surface area (Å²) in [4.78, 5) is 0. The summed E-state index contributed by atoms with van der Waals surface area (Å²) in [6.45, 7) is 2.31. The van der Waals surface area contributed by atoms with Crippen LogP contribution in [-0.4, -0.2) is 3.74 Å². The highest BCUT2D eigenvalue weighted by atomic mass is 79.9. The fourth-order valence-electron chi connectivity index (χ4n) is 6.03. The Morgan fingerprint density at radius 1 is 0.256 bits per heavy atom. The molecule has 39 heavy (non-hydrogen) atoms. The maximum Gasteiger partial charge on any atom is 0.0697 e. The van der Waals surface area contributed by atoms with Crippen molar-refractivity contribution in [3.63, 3.8) is 0 Å². The summed E-state index contributed by atoms with van der Waals surface area (Å²) < 4.78 is 0.522. The van der Waals surface area contributed by atoms with Crippen LogP contribution in [0.25, 0.3) is 0 Å². The maximum absolute atomic E-state index is 3.57. The van der Waals surface area contributed by atoms with Crippen LogP contribution in [-0.2, 0) is 0 Å². The number of unbranched alkanes of at least 4 members (excludes halogenated alkanes) is 33. The predicted octanol–water partition coefficient (Wildman–Crippen LogP) is 15.8. The van der Waals surface area contributed by atoms with E-state index in [1.54, 1.807) is 0 Å². The predicted molar refractivity (Wildman–Crippen MR) is 189 cm³/mol. The number of halogens is 2. The first-order valence-electron chi connectivity index (χ1n) is 18.6. The van der Waals surface area contributed by atoms with Gasteiger partial charge in [0, 0.05) is 0 Å². The van der Waals surface area contributed by atoms with Crippen LogP contribution in [0.5, 0.6) is 0 Å². The van der Waals surface area contributed by atoms with E-state index in [9.17, 15) is 0 Å². The topological polar surface area (TPSA) is 0 Å². The van der Waals surface area contributed by atoms with Gasteiger partial charge in [-0.3, -0.25) is 0 Å². The third kappa shape index (κ3) is 39.0. The van der Waals surface area contributed by atoms with Gasteiger partial charge < -0.3 is 0 Å². The van der Waals surface area contributed by atoms with Crippen LogP contribution in [0.2, 0.25) is 0 Å². The second-order valence-electron chi connectivity index (χ2n) is 12.8. The van der Waals surface area contributed by atoms with Gasteiger partial charge in [-0.2, -0.15) is 0 Å². The van der Waals surface area contributed by atoms with E-state index in [-0.39, 0.29) is 0 Å². The van der Waals surface area contributed by atoms with Crippen molar-refractivity contribution in [2.75, 3.05) is 0 Å². The van der Waals surface area contributed by atoms with Crippen molar-refractivity contribution in [2.24, 2.45) is 0 Å². The average molecular weight is 679 g/mol. The number of rotatable bonds is 35. The van der Waals surface area contributed by atoms with Gasteiger partial charge in [-0.25, -0.2) is 0 Å². The second kappa shape index (κ2) is 37.0. The molecule has 0 amide bonds. The highest BCUT2D eigenvalue weighted by Crippen LogP contribution is 2.19. The van der Waals surface area contributed by atoms with Gasteiger partial charge in [0.1, 0.15) is 0 Å². The molecular weight excluding hydrogens is 604 g/mol. The molecule has 0 aliphatic heterocycles. The number of hydrogen-bond acceptors (Lipinski definition) is 0. The molecule has 0 spiro atoms. The molecule has 0 aliphatic rings. The zero-order chi connectivity index (χ0) is 28.3. The molecule has 0 aromatic rings. The molecule has 0 rings (SSSR count). The van der Waals surface area contributed by atoms with Crippen LogP contribution in [0.4, 0.5) is 0 Å². The lowest BCUT2D eigenvalue weighted by Crippen LogP contribution is -1.86. The largest absolute Gasteiger partial charge is 0.0765 e. The lowest BCUT2D eigenvalue weighted by molar-refractivity contribution is 0.511. The van der Waals surface area contributed by atoms with Gasteiger partial charge in [-0.1, -0.05) is 257 Å². The highest BCUT2D eigenvalue weighted by molar-refractivity contribution is 9.24. The summed E-state index contributed by atoms with van der Waals surface area (Å²) in [7, 11) is 0. The van der Waals surface area contributed by atoms with Crippen LogP contribution in [0, 0.1) is 0 Å². The number of alkyl halides is 2. The zero-order valence-corrected chi connectivity index (χ0v) is 30.3. The summed E-state index contributed by atoms with van der Waals surface area (Å²) in [5.74, 6) is 0. The van der Waals surface area contributed by atoms with E-state index in [1.807, 2.05) is 0 Å². The quantitative estimate of drug-likeness (QED) is 0.0462. The van der Waals surface area contributed by atoms with Gasteiger partial charge in [-0.15, -0.1) is 0 Å². The molecule has 0 saturated heterocycles. The van der Waals surface area contributed by atoms with Gasteiger partial charge in [0.05, 0.1) is 3.74 Å². The second-order valence-corrected chi connectivity index (χ2v) is 16.3. The first-order chi connectivity index (χ1) is 19.3. The minimum absolute atomic E-state index is 0.522. The molecule has 0 heterocycles. The van der Waals surface area contributed by atoms with Crippen molar-refractivity contribution >= 4 is 31.9 Å². The first kappa shape index (κ1) is 40.0. The normalized spacial score (nSPS) is 11.7. The zero-order valence-electron chi connectivity index (χ0n) is 27.1. The molecule has 0 aromatic carbocycles. The molecule has 2 heteroatoms. The van der Waals surface area contributed by atoms with E-state index in [0.717, 1.165) is 0 Å². The molecule has 0 nitrogen and oxygen atoms in total. The van der Waals surface area contributed by atoms with Crippen molar-refractivity contribution in [2.45, 2.75) is 235 Å². The third-order valence-electron chi connectivity index (χ3n) is 8.78. The lowest BCUT2D eigenvalue weighted by Gasteiger charge is -2.05. The van der Waals surface area contributed by atoms with Crippen LogP contribution in [0.15, 0.2) is 0 Å². The fourth-order valence-corrected chi connectivity index (χ4v) is 6.68. The minimum atomic E-state index is 0.522. The monoisotopic (exact) mass is 676 g/mol. The first-order valence-corrected chi connectivity index (χ1v) is 20.4. The molecule has 0 radical (unpaired) electrons. The van der Waals surface area contributed by atoms with Gasteiger partial charge in [0.2, 0.25) is 0 Å². The summed E-state index contributed by atoms with van der Waals surface area (Å²) in [6, 6.07) is 0. The Bertz CT molecular complexity index is 408. The van der Waals surface area contributed by atoms with Gasteiger partial charge in [-0.05, 0) is 6.42 Å². The Labute approximate surface area is 266 Å². The van der Waals surface area contributed by atoms with Crippen LogP contribution >= 0.6 is 31.9 Å². The number of hydrogen-bond donors (Lipinski definition) is 0. The van der Waals surface area contributed by atoms with E-state index < -0.39 is 0 Å². The van der Waals surface area contributed by atoms with Gasteiger partial charge >= 0.3 is 0 Å². The van der Waals surface area contributed by atoms with Crippen molar-refractivity contribution in [3.8, 4) is 0 Å². The van der Waals surface area contributed by atoms with E-state index in [4.69, 9.17) is 0 Å². The molecule has 236 valence electrons. The Hall–Kier alpha value is 0.960. The minimum Gasteiger partial charge on any atom is -0.0765 e. The Balaban J connectivity index is 3.02. The van der Waals surface area contributed by atoms with E-state index in [2.05, 4.69) is 38.8 Å². The molecule has 0 fully saturated rings. The Morgan fingerprint density at radius 2 is 0.410 bits per heavy atom. The van der Waals surface area contributed by atoms with Gasteiger partial charge in [0.25, 0.3) is 0 Å². The van der Waals surface area contributed by atoms with E-state index in [1.165, 1.54) is 225 Å². The Kier molecular flexibility index (Phi) is 37.9. The van der Waals surface area contributed by atoms with Crippen molar-refractivity contribution in [1.82, 2.24) is 0 Å². The van der Waals surface area contributed by atoms with Crippen molar-refractivity contribution in [3.05, 3.63) is 0 Å². The lowest BCUT2D eigenvalue weighted by atomic mass is 10.0. The summed E-state index contributed by atoms with van der Waals surface area (Å²) in [5.41, 5.74) is 0. The standard InChI is InChI=1S/C37H74Br2/c1-2-3-4-5-6-7-8-9-10-11-12-13-14-15-16-17-18-19-20-21-22-23-24-25-26-27-28-29-30-31-32-33-34-35-36-37(38)39/h37H,2-36H2,1H3. The summed E-state index contributed by atoms with van der Waals surface area (Å²) in [6.07, 6.45) is 51.4. The SMILES string of the molecule is CCCCCCCCCCCCCCCCCCCCCCCCCCCCCCCCCCCCC(Br)Br.